The van der Waals surface area contributed by atoms with E-state index < -0.39 is 11.8 Å². The average molecular weight is 579 g/mol. The van der Waals surface area contributed by atoms with Gasteiger partial charge >= 0.3 is 0 Å². The molecule has 2 heterocycles. The van der Waals surface area contributed by atoms with Crippen LogP contribution in [0.3, 0.4) is 0 Å². The number of rotatable bonds is 8. The van der Waals surface area contributed by atoms with E-state index in [1.54, 1.807) is 17.7 Å². The van der Waals surface area contributed by atoms with Crippen LogP contribution in [0.15, 0.2) is 120 Å². The number of amides is 2. The zero-order chi connectivity index (χ0) is 30.6. The van der Waals surface area contributed by atoms with Crippen LogP contribution >= 0.6 is 0 Å². The number of nitriles is 1. The van der Waals surface area contributed by atoms with Gasteiger partial charge in [-0.05, 0) is 77.7 Å². The molecule has 0 saturated carbocycles. The monoisotopic (exact) mass is 578 g/mol. The Labute approximate surface area is 255 Å². The molecule has 2 amide bonds. The first-order valence-electron chi connectivity index (χ1n) is 14.5. The molecule has 0 radical (unpaired) electrons. The van der Waals surface area contributed by atoms with Gasteiger partial charge in [-0.3, -0.25) is 14.5 Å². The molecule has 1 aromatic heterocycles. The van der Waals surface area contributed by atoms with Gasteiger partial charge in [0.1, 0.15) is 24.0 Å². The highest BCUT2D eigenvalue weighted by molar-refractivity contribution is 6.19. The summed E-state index contributed by atoms with van der Waals surface area (Å²) in [5, 5.41) is 17.0. The fourth-order valence-corrected chi connectivity index (χ4v) is 5.43. The maximum Gasteiger partial charge on any atom is 0.271 e. The van der Waals surface area contributed by atoms with Crippen LogP contribution in [0.5, 0.6) is 5.75 Å². The number of carbonyl (C=O) groups excluding carboxylic acids is 2. The third-order valence-electron chi connectivity index (χ3n) is 7.74. The quantitative estimate of drug-likeness (QED) is 0.143. The number of hydrogen-bond donors (Lipinski definition) is 0. The Morgan fingerprint density at radius 3 is 2.36 bits per heavy atom. The van der Waals surface area contributed by atoms with E-state index in [9.17, 15) is 14.9 Å². The van der Waals surface area contributed by atoms with Crippen molar-refractivity contribution in [3.8, 4) is 28.8 Å². The highest BCUT2D eigenvalue weighted by Crippen LogP contribution is 2.32. The van der Waals surface area contributed by atoms with Gasteiger partial charge in [0.15, 0.2) is 0 Å². The van der Waals surface area contributed by atoms with Gasteiger partial charge in [0.05, 0.1) is 11.4 Å². The second-order valence-corrected chi connectivity index (χ2v) is 10.6. The van der Waals surface area contributed by atoms with Gasteiger partial charge < -0.3 is 4.74 Å². The molecule has 1 aliphatic heterocycles. The minimum Gasteiger partial charge on any atom is -0.489 e. The van der Waals surface area contributed by atoms with Gasteiger partial charge in [0, 0.05) is 29.4 Å². The lowest BCUT2D eigenvalue weighted by atomic mass is 9.93. The van der Waals surface area contributed by atoms with Crippen molar-refractivity contribution in [2.45, 2.75) is 26.9 Å². The summed E-state index contributed by atoms with van der Waals surface area (Å²) >= 11 is 0. The van der Waals surface area contributed by atoms with E-state index in [0.717, 1.165) is 32.8 Å². The molecule has 0 N–H and O–H groups in total. The van der Waals surface area contributed by atoms with Crippen molar-refractivity contribution in [2.75, 3.05) is 6.54 Å². The van der Waals surface area contributed by atoms with E-state index in [-0.39, 0.29) is 12.1 Å². The van der Waals surface area contributed by atoms with Crippen molar-refractivity contribution in [2.24, 2.45) is 0 Å². The number of para-hydroxylation sites is 1. The van der Waals surface area contributed by atoms with Crippen LogP contribution in [-0.4, -0.2) is 33.0 Å². The molecule has 6 rings (SSSR count). The van der Waals surface area contributed by atoms with E-state index in [4.69, 9.17) is 9.84 Å². The lowest BCUT2D eigenvalue weighted by molar-refractivity contribution is -0.140. The molecular formula is C37H30N4O3. The number of hydrogen-bond acceptors (Lipinski definition) is 5. The molecule has 0 aliphatic carbocycles. The van der Waals surface area contributed by atoms with Crippen LogP contribution in [0, 0.1) is 11.3 Å². The third-order valence-corrected chi connectivity index (χ3v) is 7.74. The summed E-state index contributed by atoms with van der Waals surface area (Å²) in [6.45, 7) is 4.21. The minimum absolute atomic E-state index is 0.0194. The largest absolute Gasteiger partial charge is 0.489 e. The number of ether oxygens (including phenoxy) is 1. The summed E-state index contributed by atoms with van der Waals surface area (Å²) in [5.41, 5.74) is 4.78. The number of benzene rings is 4. The molecule has 7 nitrogen and oxygen atoms in total. The third kappa shape index (κ3) is 5.41. The van der Waals surface area contributed by atoms with Crippen LogP contribution in [0.4, 0.5) is 0 Å². The van der Waals surface area contributed by atoms with Crippen LogP contribution in [0.25, 0.3) is 33.8 Å². The molecule has 0 bridgehead atoms. The highest BCUT2D eigenvalue weighted by Gasteiger charge is 2.35. The molecule has 216 valence electrons. The highest BCUT2D eigenvalue weighted by atomic mass is 16.5. The van der Waals surface area contributed by atoms with Crippen LogP contribution < -0.4 is 4.74 Å². The van der Waals surface area contributed by atoms with Gasteiger partial charge in [-0.2, -0.15) is 10.4 Å². The first kappa shape index (κ1) is 28.4. The van der Waals surface area contributed by atoms with Crippen molar-refractivity contribution in [1.82, 2.24) is 14.7 Å². The summed E-state index contributed by atoms with van der Waals surface area (Å²) in [6.07, 6.45) is 4.18. The lowest BCUT2D eigenvalue weighted by Gasteiger charge is -2.27. The number of nitrogens with zero attached hydrogens (tertiary/aromatic N) is 4. The molecule has 1 aliphatic rings. The van der Waals surface area contributed by atoms with Gasteiger partial charge in [-0.15, -0.1) is 0 Å². The predicted molar refractivity (Wildman–Crippen MR) is 171 cm³/mol. The Morgan fingerprint density at radius 1 is 0.886 bits per heavy atom. The van der Waals surface area contributed by atoms with Crippen molar-refractivity contribution in [3.05, 3.63) is 131 Å². The first-order chi connectivity index (χ1) is 21.5. The maximum atomic E-state index is 13.5. The van der Waals surface area contributed by atoms with E-state index in [1.165, 1.54) is 5.39 Å². The standard InChI is InChI=1S/C37H30N4O3/c1-3-20-40-36(42)33(25(2)34(22-38)37(40)43)21-29-23-41(30-13-5-4-6-14-30)39-35(29)27-16-18-31(19-17-27)44-24-28-12-9-11-26-10-7-8-15-32(26)28/h4-19,21,23H,3,20,24H2,1-2H3/b33-21+. The van der Waals surface area contributed by atoms with Gasteiger partial charge in [0.25, 0.3) is 11.8 Å². The molecular weight excluding hydrogens is 548 g/mol. The number of carbonyl (C=O) groups is 2. The Morgan fingerprint density at radius 2 is 1.61 bits per heavy atom. The second kappa shape index (κ2) is 12.2. The molecule has 4 aromatic carbocycles. The van der Waals surface area contributed by atoms with E-state index >= 15 is 0 Å². The summed E-state index contributed by atoms with van der Waals surface area (Å²) in [4.78, 5) is 27.5. The molecule has 0 saturated heterocycles. The summed E-state index contributed by atoms with van der Waals surface area (Å²) < 4.78 is 7.92. The molecule has 0 atom stereocenters. The summed E-state index contributed by atoms with van der Waals surface area (Å²) in [6, 6.07) is 33.8. The van der Waals surface area contributed by atoms with Crippen LogP contribution in [0.2, 0.25) is 0 Å². The van der Waals surface area contributed by atoms with E-state index in [1.807, 2.05) is 92.0 Å². The van der Waals surface area contributed by atoms with E-state index in [0.29, 0.717) is 35.4 Å². The molecule has 0 spiro atoms. The Kier molecular flexibility index (Phi) is 7.90. The SMILES string of the molecule is CCCN1C(=O)C(C#N)=C(C)/C(=C\c2cn(-c3ccccc3)nc2-c2ccc(OCc3cccc4ccccc34)cc2)C1=O. The number of imide groups is 1. The number of aromatic nitrogens is 2. The molecule has 5 aromatic rings. The van der Waals surface area contributed by atoms with Crippen LogP contribution in [0.1, 0.15) is 31.4 Å². The zero-order valence-corrected chi connectivity index (χ0v) is 24.5. The Hall–Kier alpha value is -5.74. The second-order valence-electron chi connectivity index (χ2n) is 10.6. The maximum absolute atomic E-state index is 13.5. The minimum atomic E-state index is -0.548. The fourth-order valence-electron chi connectivity index (χ4n) is 5.43. The Bertz CT molecular complexity index is 1970. The fraction of sp³-hybridized carbons (Fsp3) is 0.135. The summed E-state index contributed by atoms with van der Waals surface area (Å²) in [5.74, 6) is -0.241. The van der Waals surface area contributed by atoms with Crippen molar-refractivity contribution in [1.29, 1.82) is 5.26 Å². The molecule has 44 heavy (non-hydrogen) atoms. The lowest BCUT2D eigenvalue weighted by Crippen LogP contribution is -2.43. The summed E-state index contributed by atoms with van der Waals surface area (Å²) in [7, 11) is 0. The normalized spacial score (nSPS) is 14.4. The smallest absolute Gasteiger partial charge is 0.271 e. The predicted octanol–water partition coefficient (Wildman–Crippen LogP) is 7.27. The molecule has 7 heteroatoms. The average Bonchev–Trinajstić information content (AvgIpc) is 3.49. The van der Waals surface area contributed by atoms with Crippen molar-refractivity contribution < 1.29 is 14.3 Å². The van der Waals surface area contributed by atoms with Gasteiger partial charge in [-0.1, -0.05) is 67.6 Å². The van der Waals surface area contributed by atoms with Crippen LogP contribution in [-0.2, 0) is 16.2 Å². The van der Waals surface area contributed by atoms with Gasteiger partial charge in [-0.25, -0.2) is 4.68 Å². The molecule has 0 fully saturated rings. The van der Waals surface area contributed by atoms with Gasteiger partial charge in [0.2, 0.25) is 0 Å². The number of fused-ring (bicyclic) bond motifs is 1. The Balaban J connectivity index is 1.36. The van der Waals surface area contributed by atoms with E-state index in [2.05, 4.69) is 24.3 Å². The van der Waals surface area contributed by atoms with Crippen molar-refractivity contribution in [3.63, 3.8) is 0 Å². The molecule has 0 unspecified atom stereocenters. The topological polar surface area (TPSA) is 88.2 Å². The first-order valence-corrected chi connectivity index (χ1v) is 14.5. The zero-order valence-electron chi connectivity index (χ0n) is 24.5. The van der Waals surface area contributed by atoms with Crippen molar-refractivity contribution >= 4 is 28.7 Å².